The Labute approximate surface area is 106 Å². The molecule has 1 saturated heterocycles. The molecule has 0 atom stereocenters. The minimum absolute atomic E-state index is 0.708. The maximum absolute atomic E-state index is 5.73. The molecule has 1 fully saturated rings. The van der Waals surface area contributed by atoms with E-state index in [9.17, 15) is 0 Å². The first kappa shape index (κ1) is 11.3. The number of aromatic nitrogens is 1. The summed E-state index contributed by atoms with van der Waals surface area (Å²) in [6, 6.07) is 6.27. The zero-order chi connectivity index (χ0) is 12.7. The minimum Gasteiger partial charge on any atom is -0.423 e. The van der Waals surface area contributed by atoms with Gasteiger partial charge in [0.15, 0.2) is 5.58 Å². The zero-order valence-electron chi connectivity index (χ0n) is 10.8. The highest BCUT2D eigenvalue weighted by Crippen LogP contribution is 2.28. The molecule has 0 spiro atoms. The summed E-state index contributed by atoms with van der Waals surface area (Å²) >= 11 is 0. The van der Waals surface area contributed by atoms with Crippen molar-refractivity contribution in [2.45, 2.75) is 0 Å². The molecule has 0 saturated carbocycles. The van der Waals surface area contributed by atoms with Crippen LogP contribution < -0.4 is 10.6 Å². The van der Waals surface area contributed by atoms with Gasteiger partial charge in [-0.15, -0.1) is 0 Å². The van der Waals surface area contributed by atoms with E-state index in [0.717, 1.165) is 36.4 Å². The van der Waals surface area contributed by atoms with E-state index < -0.39 is 0 Å². The van der Waals surface area contributed by atoms with E-state index in [1.807, 2.05) is 18.2 Å². The lowest BCUT2D eigenvalue weighted by Crippen LogP contribution is -2.50. The molecule has 1 aliphatic heterocycles. The van der Waals surface area contributed by atoms with Crippen LogP contribution >= 0.6 is 0 Å². The minimum atomic E-state index is 0.708. The quantitative estimate of drug-likeness (QED) is 0.830. The van der Waals surface area contributed by atoms with Gasteiger partial charge in [-0.3, -0.25) is 0 Å². The van der Waals surface area contributed by atoms with Crippen LogP contribution in [0.5, 0.6) is 0 Å². The van der Waals surface area contributed by atoms with E-state index in [-0.39, 0.29) is 0 Å². The summed E-state index contributed by atoms with van der Waals surface area (Å²) in [5.41, 5.74) is 8.09. The van der Waals surface area contributed by atoms with Crippen molar-refractivity contribution in [2.75, 3.05) is 44.4 Å². The number of oxazole rings is 1. The number of anilines is 2. The standard InChI is InChI=1S/C13H18N4O/c1-16(2)6-9-7-17(8-9)13-15-11-5-10(14)3-4-12(11)18-13/h3-5,9H,6-8,14H2,1-2H3. The van der Waals surface area contributed by atoms with Crippen molar-refractivity contribution in [3.63, 3.8) is 0 Å². The van der Waals surface area contributed by atoms with Gasteiger partial charge in [0.1, 0.15) is 5.52 Å². The number of hydrogen-bond acceptors (Lipinski definition) is 5. The second-order valence-electron chi connectivity index (χ2n) is 5.26. The summed E-state index contributed by atoms with van der Waals surface area (Å²) in [7, 11) is 4.20. The lowest BCUT2D eigenvalue weighted by Gasteiger charge is -2.39. The van der Waals surface area contributed by atoms with Crippen LogP contribution in [0.25, 0.3) is 11.1 Å². The maximum atomic E-state index is 5.73. The SMILES string of the molecule is CN(C)CC1CN(c2nc3cc(N)ccc3o2)C1. The van der Waals surface area contributed by atoms with Gasteiger partial charge < -0.3 is 20.0 Å². The average molecular weight is 246 g/mol. The Kier molecular flexibility index (Phi) is 2.63. The summed E-state index contributed by atoms with van der Waals surface area (Å²) in [5, 5.41) is 0. The third-order valence-electron chi connectivity index (χ3n) is 3.25. The Morgan fingerprint density at radius 3 is 2.94 bits per heavy atom. The lowest BCUT2D eigenvalue weighted by atomic mass is 10.0. The highest BCUT2D eigenvalue weighted by atomic mass is 16.4. The van der Waals surface area contributed by atoms with Gasteiger partial charge in [-0.1, -0.05) is 0 Å². The third-order valence-corrected chi connectivity index (χ3v) is 3.25. The summed E-state index contributed by atoms with van der Waals surface area (Å²) in [4.78, 5) is 8.86. The topological polar surface area (TPSA) is 58.5 Å². The molecular weight excluding hydrogens is 228 g/mol. The van der Waals surface area contributed by atoms with Gasteiger partial charge >= 0.3 is 0 Å². The Balaban J connectivity index is 1.73. The van der Waals surface area contributed by atoms with Crippen LogP contribution in [0.15, 0.2) is 22.6 Å². The summed E-state index contributed by atoms with van der Waals surface area (Å²) in [5.74, 6) is 0.708. The number of rotatable bonds is 3. The molecule has 18 heavy (non-hydrogen) atoms. The number of fused-ring (bicyclic) bond motifs is 1. The highest BCUT2D eigenvalue weighted by molar-refractivity contribution is 5.78. The molecular formula is C13H18N4O. The smallest absolute Gasteiger partial charge is 0.298 e. The molecule has 1 aromatic heterocycles. The molecule has 0 bridgehead atoms. The number of hydrogen-bond donors (Lipinski definition) is 1. The summed E-state index contributed by atoms with van der Waals surface area (Å²) in [6.07, 6.45) is 0. The molecule has 0 unspecified atom stereocenters. The molecule has 3 rings (SSSR count). The molecule has 0 amide bonds. The van der Waals surface area contributed by atoms with Crippen molar-refractivity contribution in [1.29, 1.82) is 0 Å². The van der Waals surface area contributed by atoms with Crippen LogP contribution in [0, 0.1) is 5.92 Å². The van der Waals surface area contributed by atoms with E-state index in [1.54, 1.807) is 0 Å². The third kappa shape index (κ3) is 2.01. The van der Waals surface area contributed by atoms with E-state index in [0.29, 0.717) is 11.9 Å². The van der Waals surface area contributed by atoms with Gasteiger partial charge in [-0.05, 0) is 32.3 Å². The molecule has 2 heterocycles. The van der Waals surface area contributed by atoms with Crippen molar-refractivity contribution in [1.82, 2.24) is 9.88 Å². The van der Waals surface area contributed by atoms with Crippen LogP contribution in [0.2, 0.25) is 0 Å². The molecule has 2 aromatic rings. The molecule has 5 heteroatoms. The Hall–Kier alpha value is -1.75. The van der Waals surface area contributed by atoms with E-state index >= 15 is 0 Å². The van der Waals surface area contributed by atoms with E-state index in [4.69, 9.17) is 10.2 Å². The predicted octanol–water partition coefficient (Wildman–Crippen LogP) is 1.41. The van der Waals surface area contributed by atoms with Gasteiger partial charge in [-0.2, -0.15) is 4.98 Å². The van der Waals surface area contributed by atoms with Crippen molar-refractivity contribution < 1.29 is 4.42 Å². The van der Waals surface area contributed by atoms with Crippen molar-refractivity contribution in [3.05, 3.63) is 18.2 Å². The predicted molar refractivity (Wildman–Crippen MR) is 72.7 cm³/mol. The fraction of sp³-hybridized carbons (Fsp3) is 0.462. The first-order valence-corrected chi connectivity index (χ1v) is 6.17. The van der Waals surface area contributed by atoms with Crippen LogP contribution in [0.1, 0.15) is 0 Å². The second kappa shape index (κ2) is 4.17. The van der Waals surface area contributed by atoms with Crippen molar-refractivity contribution in [3.8, 4) is 0 Å². The number of nitrogens with two attached hydrogens (primary N) is 1. The first-order chi connectivity index (χ1) is 8.61. The lowest BCUT2D eigenvalue weighted by molar-refractivity contribution is 0.275. The molecule has 96 valence electrons. The number of benzene rings is 1. The molecule has 1 aliphatic rings. The van der Waals surface area contributed by atoms with Gasteiger partial charge in [0.25, 0.3) is 6.01 Å². The monoisotopic (exact) mass is 246 g/mol. The Morgan fingerprint density at radius 1 is 1.44 bits per heavy atom. The molecule has 0 radical (unpaired) electrons. The van der Waals surface area contributed by atoms with Crippen LogP contribution in [0.4, 0.5) is 11.7 Å². The molecule has 5 nitrogen and oxygen atoms in total. The highest BCUT2D eigenvalue weighted by Gasteiger charge is 2.30. The second-order valence-corrected chi connectivity index (χ2v) is 5.26. The van der Waals surface area contributed by atoms with Gasteiger partial charge in [0.2, 0.25) is 0 Å². The van der Waals surface area contributed by atoms with Gasteiger partial charge in [0, 0.05) is 31.2 Å². The molecule has 1 aromatic carbocycles. The fourth-order valence-electron chi connectivity index (χ4n) is 2.43. The van der Waals surface area contributed by atoms with E-state index in [1.165, 1.54) is 0 Å². The van der Waals surface area contributed by atoms with Gasteiger partial charge in [0.05, 0.1) is 0 Å². The van der Waals surface area contributed by atoms with Crippen LogP contribution in [0.3, 0.4) is 0 Å². The van der Waals surface area contributed by atoms with Crippen LogP contribution in [-0.2, 0) is 0 Å². The first-order valence-electron chi connectivity index (χ1n) is 6.17. The average Bonchev–Trinajstić information content (AvgIpc) is 2.64. The number of nitrogens with zero attached hydrogens (tertiary/aromatic N) is 3. The van der Waals surface area contributed by atoms with E-state index in [2.05, 4.69) is 28.9 Å². The maximum Gasteiger partial charge on any atom is 0.298 e. The summed E-state index contributed by atoms with van der Waals surface area (Å²) < 4.78 is 5.73. The number of nitrogen functional groups attached to an aromatic ring is 1. The van der Waals surface area contributed by atoms with Gasteiger partial charge in [-0.25, -0.2) is 0 Å². The Morgan fingerprint density at radius 2 is 2.22 bits per heavy atom. The summed E-state index contributed by atoms with van der Waals surface area (Å²) in [6.45, 7) is 3.14. The van der Waals surface area contributed by atoms with Crippen molar-refractivity contribution in [2.24, 2.45) is 5.92 Å². The molecule has 2 N–H and O–H groups in total. The zero-order valence-corrected chi connectivity index (χ0v) is 10.8. The Bertz CT molecular complexity index is 557. The van der Waals surface area contributed by atoms with Crippen LogP contribution in [-0.4, -0.2) is 43.6 Å². The fourth-order valence-corrected chi connectivity index (χ4v) is 2.43. The molecule has 0 aliphatic carbocycles. The van der Waals surface area contributed by atoms with Crippen molar-refractivity contribution >= 4 is 22.8 Å². The normalized spacial score (nSPS) is 16.5. The largest absolute Gasteiger partial charge is 0.423 e.